The highest BCUT2D eigenvalue weighted by Gasteiger charge is 2.19. The zero-order valence-corrected chi connectivity index (χ0v) is 23.7. The first-order valence-electron chi connectivity index (χ1n) is 10.3. The van der Waals surface area contributed by atoms with E-state index in [9.17, 15) is 9.59 Å². The van der Waals surface area contributed by atoms with E-state index in [-0.39, 0.29) is 24.7 Å². The minimum atomic E-state index is -0.491. The van der Waals surface area contributed by atoms with E-state index >= 15 is 0 Å². The first-order chi connectivity index (χ1) is 16.2. The summed E-state index contributed by atoms with van der Waals surface area (Å²) in [5, 5.41) is 4.92. The van der Waals surface area contributed by atoms with Crippen molar-refractivity contribution in [2.24, 2.45) is 5.10 Å². The fourth-order valence-electron chi connectivity index (χ4n) is 3.09. The van der Waals surface area contributed by atoms with E-state index in [4.69, 9.17) is 14.2 Å². The largest absolute Gasteiger partial charge is 0.493 e. The third kappa shape index (κ3) is 5.69. The molecule has 0 saturated heterocycles. The van der Waals surface area contributed by atoms with Crippen LogP contribution in [0.4, 0.5) is 0 Å². The van der Waals surface area contributed by atoms with Gasteiger partial charge in [0.1, 0.15) is 5.82 Å². The van der Waals surface area contributed by atoms with Crippen molar-refractivity contribution in [3.63, 3.8) is 0 Å². The topological polar surface area (TPSA) is 92.0 Å². The van der Waals surface area contributed by atoms with Crippen LogP contribution in [-0.2, 0) is 9.53 Å². The second-order valence-corrected chi connectivity index (χ2v) is 9.87. The van der Waals surface area contributed by atoms with Crippen LogP contribution in [0.25, 0.3) is 10.9 Å². The second kappa shape index (κ2) is 11.5. The highest BCUT2D eigenvalue weighted by Crippen LogP contribution is 2.42. The Balaban J connectivity index is 2.06. The number of rotatable bonds is 8. The van der Waals surface area contributed by atoms with Gasteiger partial charge in [0.25, 0.3) is 5.56 Å². The fourth-order valence-corrected chi connectivity index (χ4v) is 4.39. The number of hydrogen-bond acceptors (Lipinski definition) is 7. The summed E-state index contributed by atoms with van der Waals surface area (Å²) in [6, 6.07) is 7.06. The van der Waals surface area contributed by atoms with Crippen molar-refractivity contribution in [1.29, 1.82) is 0 Å². The molecule has 1 aromatic heterocycles. The summed E-state index contributed by atoms with van der Waals surface area (Å²) in [7, 11) is 1.49. The smallest absolute Gasteiger partial charge is 0.344 e. The van der Waals surface area contributed by atoms with Crippen molar-refractivity contribution in [3.8, 4) is 11.5 Å². The monoisotopic (exact) mass is 657 g/mol. The zero-order valence-electron chi connectivity index (χ0n) is 18.9. The van der Waals surface area contributed by atoms with Crippen molar-refractivity contribution in [3.05, 3.63) is 59.4 Å². The third-order valence-electron chi connectivity index (χ3n) is 4.68. The summed E-state index contributed by atoms with van der Waals surface area (Å²) < 4.78 is 19.2. The molecule has 0 atom stereocenters. The molecule has 0 amide bonds. The molecule has 3 rings (SSSR count). The molecule has 0 spiro atoms. The van der Waals surface area contributed by atoms with Gasteiger partial charge >= 0.3 is 5.97 Å². The van der Waals surface area contributed by atoms with Gasteiger partial charge in [0.2, 0.25) is 0 Å². The van der Waals surface area contributed by atoms with Crippen molar-refractivity contribution in [2.75, 3.05) is 20.3 Å². The Morgan fingerprint density at radius 2 is 1.94 bits per heavy atom. The number of esters is 1. The second-order valence-electron chi connectivity index (χ2n) is 7.37. The summed E-state index contributed by atoms with van der Waals surface area (Å²) in [5.74, 6) is 0.706. The van der Waals surface area contributed by atoms with Crippen LogP contribution >= 0.6 is 47.8 Å². The Labute approximate surface area is 221 Å². The molecule has 0 aliphatic carbocycles. The molecule has 0 unspecified atom stereocenters. The molecule has 180 valence electrons. The van der Waals surface area contributed by atoms with Crippen LogP contribution in [0.3, 0.4) is 0 Å². The van der Waals surface area contributed by atoms with Gasteiger partial charge in [-0.3, -0.25) is 4.79 Å². The maximum atomic E-state index is 13.2. The molecule has 0 bridgehead atoms. The minimum Gasteiger partial charge on any atom is -0.493 e. The van der Waals surface area contributed by atoms with E-state index in [1.165, 1.54) is 18.0 Å². The molecule has 0 radical (unpaired) electrons. The van der Waals surface area contributed by atoms with Crippen LogP contribution in [-0.4, -0.2) is 42.2 Å². The molecule has 3 aromatic rings. The summed E-state index contributed by atoms with van der Waals surface area (Å²) in [6.07, 6.45) is 1.53. The van der Waals surface area contributed by atoms with E-state index in [1.807, 2.05) is 19.9 Å². The van der Waals surface area contributed by atoms with Crippen LogP contribution in [0.15, 0.2) is 47.6 Å². The summed E-state index contributed by atoms with van der Waals surface area (Å²) >= 11 is 10.4. The van der Waals surface area contributed by atoms with Gasteiger partial charge in [-0.2, -0.15) is 9.78 Å². The number of ether oxygens (including phenoxy) is 3. The fraction of sp³-hybridized carbons (Fsp3) is 0.304. The average molecular weight is 660 g/mol. The number of nitrogens with zero attached hydrogens (tertiary/aromatic N) is 3. The van der Waals surface area contributed by atoms with Gasteiger partial charge in [-0.05, 0) is 63.0 Å². The predicted molar refractivity (Wildman–Crippen MR) is 141 cm³/mol. The lowest BCUT2D eigenvalue weighted by molar-refractivity contribution is -0.145. The molecule has 34 heavy (non-hydrogen) atoms. The van der Waals surface area contributed by atoms with Crippen molar-refractivity contribution in [2.45, 2.75) is 26.7 Å². The maximum Gasteiger partial charge on any atom is 0.344 e. The quantitative estimate of drug-likeness (QED) is 0.230. The minimum absolute atomic E-state index is 0.0405. The average Bonchev–Trinajstić information content (AvgIpc) is 2.80. The van der Waals surface area contributed by atoms with E-state index in [2.05, 4.69) is 57.9 Å². The van der Waals surface area contributed by atoms with Gasteiger partial charge in [-0.15, -0.1) is 0 Å². The number of aromatic nitrogens is 2. The van der Waals surface area contributed by atoms with Gasteiger partial charge in [0.05, 0.1) is 35.3 Å². The van der Waals surface area contributed by atoms with Gasteiger partial charge in [0.15, 0.2) is 18.1 Å². The molecule has 0 aliphatic heterocycles. The van der Waals surface area contributed by atoms with E-state index < -0.39 is 5.97 Å². The lowest BCUT2D eigenvalue weighted by Gasteiger charge is -2.15. The lowest BCUT2D eigenvalue weighted by atomic mass is 10.2. The Morgan fingerprint density at radius 1 is 1.21 bits per heavy atom. The number of carbonyl (C=O) groups excluding carboxylic acids is 1. The highest BCUT2D eigenvalue weighted by atomic mass is 79.9. The van der Waals surface area contributed by atoms with Crippen LogP contribution < -0.4 is 15.0 Å². The molecule has 1 heterocycles. The summed E-state index contributed by atoms with van der Waals surface area (Å²) in [5.41, 5.74) is 0.947. The highest BCUT2D eigenvalue weighted by molar-refractivity contribution is 9.13. The Kier molecular flexibility index (Phi) is 8.89. The molecule has 11 heteroatoms. The number of methoxy groups -OCH3 is 1. The van der Waals surface area contributed by atoms with Crippen LogP contribution in [0.1, 0.15) is 38.1 Å². The van der Waals surface area contributed by atoms with Crippen LogP contribution in [0, 0.1) is 0 Å². The molecule has 2 aromatic carbocycles. The van der Waals surface area contributed by atoms with Crippen molar-refractivity contribution in [1.82, 2.24) is 9.66 Å². The number of carbonyl (C=O) groups is 1. The van der Waals surface area contributed by atoms with E-state index in [1.54, 1.807) is 25.1 Å². The van der Waals surface area contributed by atoms with Gasteiger partial charge in [-0.1, -0.05) is 29.8 Å². The standard InChI is InChI=1S/C23H22Br3N3O5/c1-5-33-18(30)11-34-21-17(32-4)8-13(19(25)20(21)26)10-27-29-22(12(2)3)28-16-7-6-14(24)9-15(16)23(29)31/h6-10,12H,5,11H2,1-4H3. The van der Waals surface area contributed by atoms with Crippen LogP contribution in [0.5, 0.6) is 11.5 Å². The lowest BCUT2D eigenvalue weighted by Crippen LogP contribution is -2.23. The third-order valence-corrected chi connectivity index (χ3v) is 7.31. The van der Waals surface area contributed by atoms with Gasteiger partial charge in [-0.25, -0.2) is 9.78 Å². The van der Waals surface area contributed by atoms with Gasteiger partial charge < -0.3 is 14.2 Å². The Bertz CT molecular complexity index is 1320. The first-order valence-corrected chi connectivity index (χ1v) is 12.7. The van der Waals surface area contributed by atoms with E-state index in [0.29, 0.717) is 42.7 Å². The summed E-state index contributed by atoms with van der Waals surface area (Å²) in [6.45, 7) is 5.61. The Hall–Kier alpha value is -2.24. The number of benzene rings is 2. The molecule has 0 aliphatic rings. The van der Waals surface area contributed by atoms with Gasteiger partial charge in [0, 0.05) is 20.4 Å². The van der Waals surface area contributed by atoms with Crippen molar-refractivity contribution < 1.29 is 19.0 Å². The van der Waals surface area contributed by atoms with Crippen LogP contribution in [0.2, 0.25) is 0 Å². The molecule has 8 nitrogen and oxygen atoms in total. The number of hydrogen-bond donors (Lipinski definition) is 0. The maximum absolute atomic E-state index is 13.2. The van der Waals surface area contributed by atoms with E-state index in [0.717, 1.165) is 4.47 Å². The normalized spacial score (nSPS) is 11.4. The molecule has 0 N–H and O–H groups in total. The summed E-state index contributed by atoms with van der Waals surface area (Å²) in [4.78, 5) is 29.6. The molecule has 0 fully saturated rings. The van der Waals surface area contributed by atoms with Crippen molar-refractivity contribution >= 4 is 70.9 Å². The first kappa shape index (κ1) is 26.4. The number of halogens is 3. The molecular formula is C23H22Br3N3O5. The Morgan fingerprint density at radius 3 is 2.59 bits per heavy atom. The molecule has 0 saturated carbocycles. The molecular weight excluding hydrogens is 638 g/mol. The number of fused-ring (bicyclic) bond motifs is 1. The predicted octanol–water partition coefficient (Wildman–Crippen LogP) is 5.64. The SMILES string of the molecule is CCOC(=O)COc1c(OC)cc(C=Nn2c(C(C)C)nc3ccc(Br)cc3c2=O)c(Br)c1Br. The zero-order chi connectivity index (χ0) is 25.0.